The van der Waals surface area contributed by atoms with E-state index in [1.54, 1.807) is 0 Å². The lowest BCUT2D eigenvalue weighted by Crippen LogP contribution is -2.31. The van der Waals surface area contributed by atoms with Crippen molar-refractivity contribution in [3.63, 3.8) is 0 Å². The number of carbonyl (C=O) groups is 2. The van der Waals surface area contributed by atoms with Crippen LogP contribution < -0.4 is 0 Å². The van der Waals surface area contributed by atoms with Crippen molar-refractivity contribution in [2.75, 3.05) is 19.8 Å². The Kier molecular flexibility index (Phi) is 9.18. The third-order valence-electron chi connectivity index (χ3n) is 7.36. The van der Waals surface area contributed by atoms with Gasteiger partial charge < -0.3 is 14.6 Å². The largest absolute Gasteiger partial charge is 0.465 e. The van der Waals surface area contributed by atoms with E-state index in [0.29, 0.717) is 19.3 Å². The number of esters is 2. The highest BCUT2D eigenvalue weighted by molar-refractivity contribution is 5.70. The van der Waals surface area contributed by atoms with E-state index in [-0.39, 0.29) is 43.1 Å². The number of hydrogen-bond donors (Lipinski definition) is 1. The molecule has 4 aliphatic carbocycles. The van der Waals surface area contributed by atoms with Crippen LogP contribution in [0.25, 0.3) is 0 Å². The van der Waals surface area contributed by atoms with Crippen LogP contribution in [0.2, 0.25) is 0 Å². The predicted octanol–water partition coefficient (Wildman–Crippen LogP) is 4.98. The van der Waals surface area contributed by atoms with Crippen LogP contribution in [0, 0.1) is 29.1 Å². The molecule has 4 aliphatic rings. The maximum atomic E-state index is 12.4. The summed E-state index contributed by atoms with van der Waals surface area (Å²) < 4.78 is 10.7. The number of rotatable bonds is 14. The summed E-state index contributed by atoms with van der Waals surface area (Å²) in [6, 6.07) is 0. The van der Waals surface area contributed by atoms with E-state index in [9.17, 15) is 14.7 Å². The summed E-state index contributed by atoms with van der Waals surface area (Å²) in [4.78, 5) is 24.3. The van der Waals surface area contributed by atoms with Gasteiger partial charge in [0.2, 0.25) is 0 Å². The number of aliphatic hydroxyl groups is 1. The molecule has 0 saturated heterocycles. The van der Waals surface area contributed by atoms with Crippen LogP contribution in [0.3, 0.4) is 0 Å². The summed E-state index contributed by atoms with van der Waals surface area (Å²) in [7, 11) is 0. The average Bonchev–Trinajstić information content (AvgIpc) is 3.15. The Morgan fingerprint density at radius 1 is 0.968 bits per heavy atom. The first kappa shape index (κ1) is 24.0. The molecule has 0 aromatic heterocycles. The van der Waals surface area contributed by atoms with E-state index in [0.717, 1.165) is 37.0 Å². The summed E-state index contributed by atoms with van der Waals surface area (Å²) in [5.74, 6) is 1.69. The van der Waals surface area contributed by atoms with Gasteiger partial charge in [0, 0.05) is 6.42 Å². The molecule has 0 aromatic carbocycles. The SMILES string of the molecule is CCC/C=C\C/C=C\CCC(=O)OCC(CO)COC(=O)CC12CC3CC(C1)C(C3)C2. The fourth-order valence-corrected chi connectivity index (χ4v) is 6.07. The van der Waals surface area contributed by atoms with Gasteiger partial charge in [-0.05, 0) is 74.5 Å². The van der Waals surface area contributed by atoms with E-state index in [1.807, 2.05) is 6.08 Å². The number of carbonyl (C=O) groups excluding carboxylic acids is 2. The summed E-state index contributed by atoms with van der Waals surface area (Å²) in [5.41, 5.74) is 0.175. The van der Waals surface area contributed by atoms with Crippen LogP contribution in [0.5, 0.6) is 0 Å². The highest BCUT2D eigenvalue weighted by Gasteiger charge is 2.56. The van der Waals surface area contributed by atoms with Gasteiger partial charge in [-0.1, -0.05) is 37.6 Å². The third kappa shape index (κ3) is 7.20. The van der Waals surface area contributed by atoms with Gasteiger partial charge in [-0.3, -0.25) is 9.59 Å². The Bertz CT molecular complexity index is 633. The van der Waals surface area contributed by atoms with Crippen molar-refractivity contribution < 1.29 is 24.2 Å². The van der Waals surface area contributed by atoms with Gasteiger partial charge in [-0.15, -0.1) is 0 Å². The van der Waals surface area contributed by atoms with Crippen molar-refractivity contribution in [3.05, 3.63) is 24.3 Å². The van der Waals surface area contributed by atoms with Crippen LogP contribution >= 0.6 is 0 Å². The number of unbranched alkanes of at least 4 members (excludes halogenated alkanes) is 1. The molecule has 31 heavy (non-hydrogen) atoms. The van der Waals surface area contributed by atoms with Gasteiger partial charge in [-0.2, -0.15) is 0 Å². The molecular formula is C26H40O5. The molecule has 4 saturated carbocycles. The first-order valence-electron chi connectivity index (χ1n) is 12.3. The lowest BCUT2D eigenvalue weighted by molar-refractivity contribution is -0.152. The van der Waals surface area contributed by atoms with Gasteiger partial charge in [0.15, 0.2) is 0 Å². The Hall–Kier alpha value is -1.62. The molecule has 0 heterocycles. The fourth-order valence-electron chi connectivity index (χ4n) is 6.07. The van der Waals surface area contributed by atoms with Gasteiger partial charge in [0.25, 0.3) is 0 Å². The zero-order chi connectivity index (χ0) is 22.1. The lowest BCUT2D eigenvalue weighted by Gasteiger charge is -2.37. The minimum Gasteiger partial charge on any atom is -0.465 e. The van der Waals surface area contributed by atoms with Crippen LogP contribution in [-0.4, -0.2) is 36.9 Å². The van der Waals surface area contributed by atoms with Crippen molar-refractivity contribution in [1.82, 2.24) is 0 Å². The van der Waals surface area contributed by atoms with E-state index < -0.39 is 0 Å². The van der Waals surface area contributed by atoms with E-state index >= 15 is 0 Å². The molecule has 174 valence electrons. The molecule has 4 bridgehead atoms. The Balaban J connectivity index is 1.27. The first-order chi connectivity index (χ1) is 15.0. The molecule has 3 unspecified atom stereocenters. The normalized spacial score (nSPS) is 29.8. The van der Waals surface area contributed by atoms with Gasteiger partial charge in [0.1, 0.15) is 0 Å². The second-order valence-electron chi connectivity index (χ2n) is 10.1. The molecule has 0 spiro atoms. The monoisotopic (exact) mass is 432 g/mol. The molecule has 5 heteroatoms. The van der Waals surface area contributed by atoms with Gasteiger partial charge in [-0.25, -0.2) is 0 Å². The summed E-state index contributed by atoms with van der Waals surface area (Å²) in [6.07, 6.45) is 19.2. The Morgan fingerprint density at radius 3 is 2.23 bits per heavy atom. The molecule has 0 radical (unpaired) electrons. The van der Waals surface area contributed by atoms with Crippen molar-refractivity contribution in [2.24, 2.45) is 29.1 Å². The molecule has 1 N–H and O–H groups in total. The molecular weight excluding hydrogens is 392 g/mol. The zero-order valence-corrected chi connectivity index (χ0v) is 19.1. The number of allylic oxidation sites excluding steroid dienone is 4. The maximum absolute atomic E-state index is 12.4. The predicted molar refractivity (Wildman–Crippen MR) is 120 cm³/mol. The fraction of sp³-hybridized carbons (Fsp3) is 0.769. The van der Waals surface area contributed by atoms with Crippen molar-refractivity contribution in [2.45, 2.75) is 77.6 Å². The number of aliphatic hydroxyl groups excluding tert-OH is 1. The van der Waals surface area contributed by atoms with E-state index in [1.165, 1.54) is 32.1 Å². The summed E-state index contributed by atoms with van der Waals surface area (Å²) >= 11 is 0. The van der Waals surface area contributed by atoms with Crippen LogP contribution in [0.1, 0.15) is 77.6 Å². The molecule has 0 aliphatic heterocycles. The van der Waals surface area contributed by atoms with Gasteiger partial charge in [0.05, 0.1) is 32.2 Å². The minimum atomic E-state index is -0.360. The quantitative estimate of drug-likeness (QED) is 0.310. The summed E-state index contributed by atoms with van der Waals surface area (Å²) in [6.45, 7) is 2.18. The maximum Gasteiger partial charge on any atom is 0.306 e. The van der Waals surface area contributed by atoms with Crippen molar-refractivity contribution in [1.29, 1.82) is 0 Å². The lowest BCUT2D eigenvalue weighted by atomic mass is 9.68. The Labute approximate surface area is 187 Å². The average molecular weight is 433 g/mol. The van der Waals surface area contributed by atoms with Crippen LogP contribution in [0.4, 0.5) is 0 Å². The number of hydrogen-bond acceptors (Lipinski definition) is 5. The number of ether oxygens (including phenoxy) is 2. The van der Waals surface area contributed by atoms with Crippen molar-refractivity contribution in [3.8, 4) is 0 Å². The van der Waals surface area contributed by atoms with E-state index in [2.05, 4.69) is 25.2 Å². The van der Waals surface area contributed by atoms with E-state index in [4.69, 9.17) is 9.47 Å². The second-order valence-corrected chi connectivity index (χ2v) is 10.1. The molecule has 5 nitrogen and oxygen atoms in total. The van der Waals surface area contributed by atoms with Crippen molar-refractivity contribution >= 4 is 11.9 Å². The zero-order valence-electron chi connectivity index (χ0n) is 19.1. The molecule has 4 fully saturated rings. The smallest absolute Gasteiger partial charge is 0.306 e. The standard InChI is InChI=1S/C26H40O5/c1-2-3-4-5-6-7-8-9-10-24(28)30-18-21(17-27)19-31-25(29)16-26-13-20-11-22(14-26)23(12-20)15-26/h4-5,7-8,20-23,27H,2-3,6,9-19H2,1H3/b5-4-,8-7-. The highest BCUT2D eigenvalue weighted by Crippen LogP contribution is 2.65. The summed E-state index contributed by atoms with van der Waals surface area (Å²) in [5, 5.41) is 9.55. The topological polar surface area (TPSA) is 72.8 Å². The molecule has 3 atom stereocenters. The molecule has 0 aromatic rings. The Morgan fingerprint density at radius 2 is 1.61 bits per heavy atom. The first-order valence-corrected chi connectivity index (χ1v) is 12.3. The second kappa shape index (κ2) is 11.8. The molecule has 4 rings (SSSR count). The van der Waals surface area contributed by atoms with Crippen LogP contribution in [0.15, 0.2) is 24.3 Å². The van der Waals surface area contributed by atoms with Gasteiger partial charge >= 0.3 is 11.9 Å². The molecule has 0 amide bonds. The van der Waals surface area contributed by atoms with Crippen LogP contribution in [-0.2, 0) is 19.1 Å². The third-order valence-corrected chi connectivity index (χ3v) is 7.36. The minimum absolute atomic E-state index is 0.0868. The highest BCUT2D eigenvalue weighted by atomic mass is 16.5.